The van der Waals surface area contributed by atoms with Gasteiger partial charge in [0.2, 0.25) is 0 Å². The monoisotopic (exact) mass is 373 g/mol. The maximum atomic E-state index is 12.7. The first kappa shape index (κ1) is 18.6. The third-order valence-electron chi connectivity index (χ3n) is 4.56. The molecule has 0 aromatic heterocycles. The minimum atomic E-state index is -3.87. The van der Waals surface area contributed by atoms with Gasteiger partial charge in [-0.2, -0.15) is 8.42 Å². The highest BCUT2D eigenvalue weighted by atomic mass is 32.2. The molecule has 0 aliphatic heterocycles. The molecule has 0 saturated heterocycles. The van der Waals surface area contributed by atoms with E-state index < -0.39 is 22.1 Å². The van der Waals surface area contributed by atoms with Crippen molar-refractivity contribution in [3.05, 3.63) is 66.2 Å². The van der Waals surface area contributed by atoms with Crippen molar-refractivity contribution >= 4 is 21.7 Å². The molecule has 2 aromatic carbocycles. The van der Waals surface area contributed by atoms with E-state index >= 15 is 0 Å². The van der Waals surface area contributed by atoms with Gasteiger partial charge in [-0.15, -0.1) is 0 Å². The van der Waals surface area contributed by atoms with E-state index in [4.69, 9.17) is 4.18 Å². The lowest BCUT2D eigenvalue weighted by Crippen LogP contribution is -2.38. The molecule has 1 aliphatic carbocycles. The number of benzene rings is 2. The Morgan fingerprint density at radius 1 is 1.00 bits per heavy atom. The summed E-state index contributed by atoms with van der Waals surface area (Å²) >= 11 is 0. The van der Waals surface area contributed by atoms with E-state index in [2.05, 4.69) is 5.32 Å². The summed E-state index contributed by atoms with van der Waals surface area (Å²) in [5.74, 6) is -0.723. The van der Waals surface area contributed by atoms with Crippen LogP contribution in [0.2, 0.25) is 0 Å². The van der Waals surface area contributed by atoms with Crippen LogP contribution in [0, 0.1) is 5.92 Å². The lowest BCUT2D eigenvalue weighted by molar-refractivity contribution is -0.124. The normalized spacial score (nSPS) is 16.3. The fraction of sp³-hybridized carbons (Fsp3) is 0.350. The maximum absolute atomic E-state index is 12.7. The Labute approximate surface area is 154 Å². The van der Waals surface area contributed by atoms with Gasteiger partial charge in [0.1, 0.15) is 5.75 Å². The summed E-state index contributed by atoms with van der Waals surface area (Å²) in [4.78, 5) is 12.7. The van der Waals surface area contributed by atoms with Gasteiger partial charge < -0.3 is 5.32 Å². The SMILES string of the molecule is O=C(Nc1ccccc1)[C@@H](OS(=O)(=O)Cc1ccccc1)C1CCCC1. The van der Waals surface area contributed by atoms with E-state index in [9.17, 15) is 13.2 Å². The number of carbonyl (C=O) groups is 1. The minimum Gasteiger partial charge on any atom is -0.324 e. The quantitative estimate of drug-likeness (QED) is 0.751. The van der Waals surface area contributed by atoms with Crippen LogP contribution in [-0.2, 0) is 24.8 Å². The Hall–Kier alpha value is -2.18. The third kappa shape index (κ3) is 5.16. The number of anilines is 1. The van der Waals surface area contributed by atoms with Crippen LogP contribution >= 0.6 is 0 Å². The first-order valence-electron chi connectivity index (χ1n) is 8.84. The molecule has 1 N–H and O–H groups in total. The Morgan fingerprint density at radius 3 is 2.19 bits per heavy atom. The van der Waals surface area contributed by atoms with Crippen molar-refractivity contribution in [2.24, 2.45) is 5.92 Å². The van der Waals surface area contributed by atoms with Gasteiger partial charge >= 0.3 is 0 Å². The number of nitrogens with one attached hydrogen (secondary N) is 1. The molecule has 2 aromatic rings. The van der Waals surface area contributed by atoms with Crippen LogP contribution in [0.25, 0.3) is 0 Å². The molecule has 1 fully saturated rings. The predicted molar refractivity (Wildman–Crippen MR) is 101 cm³/mol. The smallest absolute Gasteiger partial charge is 0.272 e. The van der Waals surface area contributed by atoms with Crippen molar-refractivity contribution in [2.45, 2.75) is 37.5 Å². The van der Waals surface area contributed by atoms with Crippen molar-refractivity contribution in [1.82, 2.24) is 0 Å². The molecule has 26 heavy (non-hydrogen) atoms. The zero-order valence-corrected chi connectivity index (χ0v) is 15.3. The molecule has 5 nitrogen and oxygen atoms in total. The fourth-order valence-electron chi connectivity index (χ4n) is 3.30. The van der Waals surface area contributed by atoms with Crippen LogP contribution in [0.15, 0.2) is 60.7 Å². The van der Waals surface area contributed by atoms with Gasteiger partial charge in [0.05, 0.1) is 0 Å². The Kier molecular flexibility index (Phi) is 6.06. The highest BCUT2D eigenvalue weighted by Crippen LogP contribution is 2.31. The van der Waals surface area contributed by atoms with Crippen LogP contribution < -0.4 is 5.32 Å². The van der Waals surface area contributed by atoms with Crippen molar-refractivity contribution < 1.29 is 17.4 Å². The van der Waals surface area contributed by atoms with Gasteiger partial charge in [0.25, 0.3) is 16.0 Å². The molecule has 0 bridgehead atoms. The molecule has 1 amide bonds. The van der Waals surface area contributed by atoms with E-state index in [0.717, 1.165) is 25.7 Å². The van der Waals surface area contributed by atoms with Crippen LogP contribution in [0.3, 0.4) is 0 Å². The molecule has 0 spiro atoms. The number of carbonyl (C=O) groups excluding carboxylic acids is 1. The van der Waals surface area contributed by atoms with Crippen molar-refractivity contribution in [3.8, 4) is 0 Å². The Morgan fingerprint density at radius 2 is 1.58 bits per heavy atom. The standard InChI is InChI=1S/C20H23NO4S/c22-20(21-18-13-5-2-6-14-18)19(17-11-7-8-12-17)25-26(23,24)15-16-9-3-1-4-10-16/h1-6,9-10,13-14,17,19H,7-8,11-12,15H2,(H,21,22)/t19-/m0/s1. The summed E-state index contributed by atoms with van der Waals surface area (Å²) < 4.78 is 30.5. The van der Waals surface area contributed by atoms with Crippen molar-refractivity contribution in [1.29, 1.82) is 0 Å². The van der Waals surface area contributed by atoms with E-state index in [0.29, 0.717) is 11.3 Å². The largest absolute Gasteiger partial charge is 0.324 e. The van der Waals surface area contributed by atoms with Crippen LogP contribution in [0.1, 0.15) is 31.2 Å². The molecular weight excluding hydrogens is 350 g/mol. The molecule has 1 aliphatic rings. The van der Waals surface area contributed by atoms with Gasteiger partial charge in [-0.3, -0.25) is 8.98 Å². The lowest BCUT2D eigenvalue weighted by Gasteiger charge is -2.22. The van der Waals surface area contributed by atoms with E-state index in [1.54, 1.807) is 36.4 Å². The van der Waals surface area contributed by atoms with Crippen LogP contribution in [0.5, 0.6) is 0 Å². The molecule has 0 radical (unpaired) electrons. The number of hydrogen-bond acceptors (Lipinski definition) is 4. The Balaban J connectivity index is 1.74. The first-order valence-corrected chi connectivity index (χ1v) is 10.4. The number of para-hydroxylation sites is 1. The molecule has 0 unspecified atom stereocenters. The fourth-order valence-corrected chi connectivity index (χ4v) is 4.53. The van der Waals surface area contributed by atoms with Gasteiger partial charge in [0, 0.05) is 5.69 Å². The van der Waals surface area contributed by atoms with Gasteiger partial charge in [-0.1, -0.05) is 61.4 Å². The summed E-state index contributed by atoms with van der Waals surface area (Å²) in [7, 11) is -3.87. The average Bonchev–Trinajstić information content (AvgIpc) is 3.15. The first-order chi connectivity index (χ1) is 12.5. The topological polar surface area (TPSA) is 72.5 Å². The Bertz CT molecular complexity index is 815. The third-order valence-corrected chi connectivity index (χ3v) is 5.75. The predicted octanol–water partition coefficient (Wildman–Crippen LogP) is 3.73. The summed E-state index contributed by atoms with van der Waals surface area (Å²) in [5, 5.41) is 2.78. The second-order valence-electron chi connectivity index (χ2n) is 6.60. The number of rotatable bonds is 7. The van der Waals surface area contributed by atoms with Gasteiger partial charge in [-0.05, 0) is 36.5 Å². The molecule has 0 heterocycles. The summed E-state index contributed by atoms with van der Waals surface area (Å²) in [6.07, 6.45) is 2.58. The van der Waals surface area contributed by atoms with Crippen molar-refractivity contribution in [2.75, 3.05) is 5.32 Å². The zero-order valence-electron chi connectivity index (χ0n) is 14.5. The van der Waals surface area contributed by atoms with E-state index in [-0.39, 0.29) is 11.7 Å². The van der Waals surface area contributed by atoms with Crippen LogP contribution in [0.4, 0.5) is 5.69 Å². The zero-order chi connectivity index (χ0) is 18.4. The van der Waals surface area contributed by atoms with Gasteiger partial charge in [-0.25, -0.2) is 0 Å². The number of hydrogen-bond donors (Lipinski definition) is 1. The molecule has 3 rings (SSSR count). The second kappa shape index (κ2) is 8.47. The lowest BCUT2D eigenvalue weighted by atomic mass is 10.0. The van der Waals surface area contributed by atoms with E-state index in [1.807, 2.05) is 24.3 Å². The highest BCUT2D eigenvalue weighted by molar-refractivity contribution is 7.85. The van der Waals surface area contributed by atoms with Gasteiger partial charge in [0.15, 0.2) is 6.10 Å². The summed E-state index contributed by atoms with van der Waals surface area (Å²) in [6, 6.07) is 17.9. The summed E-state index contributed by atoms with van der Waals surface area (Å²) in [6.45, 7) is 0. The molecular formula is C20H23NO4S. The summed E-state index contributed by atoms with van der Waals surface area (Å²) in [5.41, 5.74) is 1.27. The van der Waals surface area contributed by atoms with Crippen LogP contribution in [-0.4, -0.2) is 20.4 Å². The molecule has 6 heteroatoms. The van der Waals surface area contributed by atoms with E-state index in [1.165, 1.54) is 0 Å². The molecule has 138 valence electrons. The minimum absolute atomic E-state index is 0.0794. The second-order valence-corrected chi connectivity index (χ2v) is 8.20. The maximum Gasteiger partial charge on any atom is 0.272 e. The number of amides is 1. The molecule has 1 saturated carbocycles. The average molecular weight is 373 g/mol. The highest BCUT2D eigenvalue weighted by Gasteiger charge is 2.35. The molecule has 1 atom stereocenters. The van der Waals surface area contributed by atoms with Crippen molar-refractivity contribution in [3.63, 3.8) is 0 Å².